The smallest absolute Gasteiger partial charge is 0.150 e. The molecular formula is C20H24Cl2N2O3. The predicted octanol–water partition coefficient (Wildman–Crippen LogP) is 5.18. The minimum atomic E-state index is 0.0343. The van der Waals surface area contributed by atoms with Crippen LogP contribution in [-0.4, -0.2) is 30.6 Å². The van der Waals surface area contributed by atoms with Gasteiger partial charge in [-0.15, -0.1) is 0 Å². The third-order valence-electron chi connectivity index (χ3n) is 5.63. The molecule has 0 saturated carbocycles. The highest BCUT2D eigenvalue weighted by molar-refractivity contribution is 6.38. The third-order valence-corrected chi connectivity index (χ3v) is 6.41. The predicted molar refractivity (Wildman–Crippen MR) is 105 cm³/mol. The van der Waals surface area contributed by atoms with Gasteiger partial charge in [0.25, 0.3) is 0 Å². The first-order chi connectivity index (χ1) is 13.1. The molecule has 1 aliphatic carbocycles. The van der Waals surface area contributed by atoms with Crippen molar-refractivity contribution in [1.82, 2.24) is 9.78 Å². The van der Waals surface area contributed by atoms with Crippen molar-refractivity contribution in [2.75, 3.05) is 20.8 Å². The Bertz CT molecular complexity index is 803. The summed E-state index contributed by atoms with van der Waals surface area (Å²) in [5.74, 6) is 1.35. The molecule has 2 aromatic rings. The van der Waals surface area contributed by atoms with E-state index in [0.717, 1.165) is 44.3 Å². The normalized spacial score (nSPS) is 22.4. The average Bonchev–Trinajstić information content (AvgIpc) is 3.12. The third kappa shape index (κ3) is 3.41. The Morgan fingerprint density at radius 2 is 1.85 bits per heavy atom. The summed E-state index contributed by atoms with van der Waals surface area (Å²) in [5.41, 5.74) is 3.42. The van der Waals surface area contributed by atoms with Gasteiger partial charge in [0.2, 0.25) is 0 Å². The molecule has 1 fully saturated rings. The van der Waals surface area contributed by atoms with E-state index < -0.39 is 0 Å². The molecule has 0 radical (unpaired) electrons. The van der Waals surface area contributed by atoms with E-state index in [0.29, 0.717) is 21.5 Å². The van der Waals surface area contributed by atoms with Crippen molar-refractivity contribution in [3.63, 3.8) is 0 Å². The van der Waals surface area contributed by atoms with E-state index in [1.807, 2.05) is 6.20 Å². The van der Waals surface area contributed by atoms with Gasteiger partial charge in [0.15, 0.2) is 0 Å². The first-order valence-electron chi connectivity index (χ1n) is 9.40. The molecule has 2 unspecified atom stereocenters. The number of methoxy groups -OCH3 is 2. The summed E-state index contributed by atoms with van der Waals surface area (Å²) < 4.78 is 18.9. The second-order valence-corrected chi connectivity index (χ2v) is 7.90. The lowest BCUT2D eigenvalue weighted by Gasteiger charge is -2.29. The highest BCUT2D eigenvalue weighted by Gasteiger charge is 2.31. The SMILES string of the molecule is COc1cc(OC)c(Cl)c(C2CCc3cnn(C4CCCCO4)c3C2)c1Cl. The molecule has 1 aromatic heterocycles. The molecule has 1 aliphatic heterocycles. The van der Waals surface area contributed by atoms with Crippen molar-refractivity contribution in [2.45, 2.75) is 50.7 Å². The molecule has 0 N–H and O–H groups in total. The molecule has 2 aliphatic rings. The number of hydrogen-bond donors (Lipinski definition) is 0. The van der Waals surface area contributed by atoms with Crippen molar-refractivity contribution in [3.05, 3.63) is 39.1 Å². The zero-order chi connectivity index (χ0) is 19.0. The number of rotatable bonds is 4. The summed E-state index contributed by atoms with van der Waals surface area (Å²) in [4.78, 5) is 0. The molecule has 0 spiro atoms. The van der Waals surface area contributed by atoms with Gasteiger partial charge in [-0.2, -0.15) is 5.10 Å². The maximum atomic E-state index is 6.65. The lowest BCUT2D eigenvalue weighted by Crippen LogP contribution is -2.24. The molecule has 5 nitrogen and oxygen atoms in total. The van der Waals surface area contributed by atoms with Gasteiger partial charge in [-0.1, -0.05) is 23.2 Å². The molecule has 4 rings (SSSR count). The fourth-order valence-corrected chi connectivity index (χ4v) is 5.01. The lowest BCUT2D eigenvalue weighted by atomic mass is 9.83. The van der Waals surface area contributed by atoms with Crippen molar-refractivity contribution in [2.24, 2.45) is 0 Å². The maximum absolute atomic E-state index is 6.65. The first kappa shape index (κ1) is 18.9. The fourth-order valence-electron chi connectivity index (χ4n) is 4.20. The molecule has 146 valence electrons. The van der Waals surface area contributed by atoms with Crippen LogP contribution in [0.4, 0.5) is 0 Å². The second-order valence-electron chi connectivity index (χ2n) is 7.14. The molecular weight excluding hydrogens is 387 g/mol. The van der Waals surface area contributed by atoms with Crippen LogP contribution in [0.1, 0.15) is 54.6 Å². The van der Waals surface area contributed by atoms with E-state index >= 15 is 0 Å². The largest absolute Gasteiger partial charge is 0.495 e. The number of ether oxygens (including phenoxy) is 3. The van der Waals surface area contributed by atoms with Gasteiger partial charge in [-0.05, 0) is 50.0 Å². The summed E-state index contributed by atoms with van der Waals surface area (Å²) in [6.45, 7) is 0.799. The van der Waals surface area contributed by atoms with Crippen LogP contribution in [-0.2, 0) is 17.6 Å². The zero-order valence-corrected chi connectivity index (χ0v) is 17.1. The number of hydrogen-bond acceptors (Lipinski definition) is 4. The summed E-state index contributed by atoms with van der Waals surface area (Å²) >= 11 is 13.3. The Labute approximate surface area is 169 Å². The van der Waals surface area contributed by atoms with E-state index in [9.17, 15) is 0 Å². The zero-order valence-electron chi connectivity index (χ0n) is 15.6. The van der Waals surface area contributed by atoms with E-state index in [1.54, 1.807) is 20.3 Å². The highest BCUT2D eigenvalue weighted by atomic mass is 35.5. The minimum absolute atomic E-state index is 0.0343. The Balaban J connectivity index is 1.70. The van der Waals surface area contributed by atoms with Crippen molar-refractivity contribution >= 4 is 23.2 Å². The quantitative estimate of drug-likeness (QED) is 0.696. The van der Waals surface area contributed by atoms with E-state index in [1.165, 1.54) is 17.7 Å². The van der Waals surface area contributed by atoms with Gasteiger partial charge in [0.1, 0.15) is 17.7 Å². The minimum Gasteiger partial charge on any atom is -0.495 e. The standard InChI is InChI=1S/C20H24Cl2N2O3/c1-25-15-10-16(26-2)20(22)18(19(15)21)12-6-7-13-11-23-24(14(13)9-12)17-5-3-4-8-27-17/h10-12,17H,3-9H2,1-2H3. The van der Waals surface area contributed by atoms with E-state index in [2.05, 4.69) is 9.78 Å². The monoisotopic (exact) mass is 410 g/mol. The molecule has 2 atom stereocenters. The highest BCUT2D eigenvalue weighted by Crippen LogP contribution is 2.47. The summed E-state index contributed by atoms with van der Waals surface area (Å²) in [6.07, 6.45) is 8.05. The molecule has 27 heavy (non-hydrogen) atoms. The van der Waals surface area contributed by atoms with Crippen molar-refractivity contribution in [3.8, 4) is 11.5 Å². The van der Waals surface area contributed by atoms with E-state index in [-0.39, 0.29) is 12.1 Å². The van der Waals surface area contributed by atoms with Gasteiger partial charge in [0.05, 0.1) is 30.5 Å². The number of nitrogens with zero attached hydrogens (tertiary/aromatic N) is 2. The van der Waals surface area contributed by atoms with Crippen LogP contribution in [0.15, 0.2) is 12.3 Å². The topological polar surface area (TPSA) is 45.5 Å². The van der Waals surface area contributed by atoms with Gasteiger partial charge in [0, 0.05) is 23.9 Å². The van der Waals surface area contributed by atoms with Gasteiger partial charge >= 0.3 is 0 Å². The van der Waals surface area contributed by atoms with Gasteiger partial charge in [-0.3, -0.25) is 0 Å². The summed E-state index contributed by atoms with van der Waals surface area (Å²) in [5, 5.41) is 5.77. The summed E-state index contributed by atoms with van der Waals surface area (Å²) in [6, 6.07) is 1.74. The number of fused-ring (bicyclic) bond motifs is 1. The molecule has 2 heterocycles. The average molecular weight is 411 g/mol. The van der Waals surface area contributed by atoms with Crippen LogP contribution in [0, 0.1) is 0 Å². The number of halogens is 2. The number of benzene rings is 1. The number of aromatic nitrogens is 2. The van der Waals surface area contributed by atoms with Gasteiger partial charge in [-0.25, -0.2) is 4.68 Å². The van der Waals surface area contributed by atoms with Crippen molar-refractivity contribution < 1.29 is 14.2 Å². The summed E-state index contributed by atoms with van der Waals surface area (Å²) in [7, 11) is 3.21. The Morgan fingerprint density at radius 1 is 1.11 bits per heavy atom. The molecule has 1 aromatic carbocycles. The van der Waals surface area contributed by atoms with Crippen LogP contribution in [0.2, 0.25) is 10.0 Å². The Kier molecular flexibility index (Phi) is 5.53. The first-order valence-corrected chi connectivity index (χ1v) is 10.2. The van der Waals surface area contributed by atoms with Crippen LogP contribution >= 0.6 is 23.2 Å². The lowest BCUT2D eigenvalue weighted by molar-refractivity contribution is -0.0414. The molecule has 1 saturated heterocycles. The Hall–Kier alpha value is -1.43. The second kappa shape index (κ2) is 7.90. The molecule has 0 bridgehead atoms. The number of aryl methyl sites for hydroxylation is 1. The van der Waals surface area contributed by atoms with Crippen LogP contribution in [0.5, 0.6) is 11.5 Å². The van der Waals surface area contributed by atoms with Crippen LogP contribution in [0.3, 0.4) is 0 Å². The van der Waals surface area contributed by atoms with Crippen LogP contribution in [0.25, 0.3) is 0 Å². The van der Waals surface area contributed by atoms with Gasteiger partial charge < -0.3 is 14.2 Å². The Morgan fingerprint density at radius 3 is 2.48 bits per heavy atom. The van der Waals surface area contributed by atoms with E-state index in [4.69, 9.17) is 37.4 Å². The molecule has 7 heteroatoms. The van der Waals surface area contributed by atoms with Crippen LogP contribution < -0.4 is 9.47 Å². The fraction of sp³-hybridized carbons (Fsp3) is 0.550. The van der Waals surface area contributed by atoms with Crippen molar-refractivity contribution in [1.29, 1.82) is 0 Å². The maximum Gasteiger partial charge on any atom is 0.150 e. The molecule has 0 amide bonds.